The minimum Gasteiger partial charge on any atom is -0.393 e. The second-order valence-electron chi connectivity index (χ2n) is 5.41. The predicted molar refractivity (Wildman–Crippen MR) is 83.5 cm³/mol. The van der Waals surface area contributed by atoms with Crippen molar-refractivity contribution in [1.82, 2.24) is 4.90 Å². The summed E-state index contributed by atoms with van der Waals surface area (Å²) in [5.74, 6) is 0. The summed E-state index contributed by atoms with van der Waals surface area (Å²) < 4.78 is 1.18. The van der Waals surface area contributed by atoms with Crippen molar-refractivity contribution in [3.63, 3.8) is 0 Å². The Morgan fingerprint density at radius 2 is 2.11 bits per heavy atom. The van der Waals surface area contributed by atoms with Gasteiger partial charge in [0.15, 0.2) is 0 Å². The fourth-order valence-corrected chi connectivity index (χ4v) is 3.20. The van der Waals surface area contributed by atoms with E-state index >= 15 is 0 Å². The third-order valence-electron chi connectivity index (χ3n) is 3.51. The van der Waals surface area contributed by atoms with Gasteiger partial charge in [0.05, 0.1) is 4.99 Å². The molecular weight excluding hydrogens is 308 g/mol. The SMILES string of the molecule is CN(Cc1ccccc1Br)CC1(CC(N)=S)CC1. The number of hydrogen-bond acceptors (Lipinski definition) is 2. The molecule has 1 aliphatic carbocycles. The maximum Gasteiger partial charge on any atom is 0.0733 e. The van der Waals surface area contributed by atoms with E-state index in [9.17, 15) is 0 Å². The van der Waals surface area contributed by atoms with E-state index in [1.165, 1.54) is 22.9 Å². The molecule has 0 amide bonds. The topological polar surface area (TPSA) is 29.3 Å². The van der Waals surface area contributed by atoms with E-state index in [1.807, 2.05) is 6.07 Å². The van der Waals surface area contributed by atoms with Gasteiger partial charge >= 0.3 is 0 Å². The van der Waals surface area contributed by atoms with Crippen LogP contribution < -0.4 is 5.73 Å². The Balaban J connectivity index is 1.91. The van der Waals surface area contributed by atoms with Crippen molar-refractivity contribution in [2.45, 2.75) is 25.8 Å². The van der Waals surface area contributed by atoms with Gasteiger partial charge in [0, 0.05) is 24.0 Å². The second kappa shape index (κ2) is 5.68. The summed E-state index contributed by atoms with van der Waals surface area (Å²) in [6.45, 7) is 2.03. The molecule has 0 saturated heterocycles. The van der Waals surface area contributed by atoms with Crippen LogP contribution in [0.1, 0.15) is 24.8 Å². The molecule has 2 rings (SSSR count). The van der Waals surface area contributed by atoms with Crippen LogP contribution in [-0.2, 0) is 6.54 Å². The van der Waals surface area contributed by atoms with Crippen molar-refractivity contribution in [3.05, 3.63) is 34.3 Å². The molecule has 18 heavy (non-hydrogen) atoms. The largest absolute Gasteiger partial charge is 0.393 e. The summed E-state index contributed by atoms with van der Waals surface area (Å²) in [7, 11) is 2.17. The molecule has 0 bridgehead atoms. The van der Waals surface area contributed by atoms with E-state index in [4.69, 9.17) is 18.0 Å². The van der Waals surface area contributed by atoms with Crippen molar-refractivity contribution < 1.29 is 0 Å². The van der Waals surface area contributed by atoms with E-state index < -0.39 is 0 Å². The quantitative estimate of drug-likeness (QED) is 0.813. The van der Waals surface area contributed by atoms with Gasteiger partial charge in [-0.05, 0) is 36.9 Å². The van der Waals surface area contributed by atoms with Crippen molar-refractivity contribution in [2.75, 3.05) is 13.6 Å². The lowest BCUT2D eigenvalue weighted by Crippen LogP contribution is -2.29. The highest BCUT2D eigenvalue weighted by molar-refractivity contribution is 9.10. The molecule has 2 nitrogen and oxygen atoms in total. The minimum absolute atomic E-state index is 0.363. The maximum atomic E-state index is 5.68. The van der Waals surface area contributed by atoms with Crippen molar-refractivity contribution in [1.29, 1.82) is 0 Å². The molecule has 2 N–H and O–H groups in total. The first-order valence-corrected chi connectivity index (χ1v) is 7.41. The van der Waals surface area contributed by atoms with Crippen LogP contribution in [0.5, 0.6) is 0 Å². The lowest BCUT2D eigenvalue weighted by molar-refractivity contribution is 0.259. The van der Waals surface area contributed by atoms with Crippen LogP contribution in [0.4, 0.5) is 0 Å². The van der Waals surface area contributed by atoms with Gasteiger partial charge in [-0.25, -0.2) is 0 Å². The highest BCUT2D eigenvalue weighted by Gasteiger charge is 2.43. The van der Waals surface area contributed by atoms with Gasteiger partial charge in [0.25, 0.3) is 0 Å². The van der Waals surface area contributed by atoms with Crippen molar-refractivity contribution >= 4 is 33.1 Å². The highest BCUT2D eigenvalue weighted by Crippen LogP contribution is 2.49. The first-order valence-electron chi connectivity index (χ1n) is 6.21. The van der Waals surface area contributed by atoms with Crippen LogP contribution in [-0.4, -0.2) is 23.5 Å². The zero-order valence-electron chi connectivity index (χ0n) is 10.7. The lowest BCUT2D eigenvalue weighted by Gasteiger charge is -2.23. The number of thiocarbonyl (C=S) groups is 1. The number of rotatable bonds is 6. The van der Waals surface area contributed by atoms with Gasteiger partial charge in [-0.3, -0.25) is 0 Å². The summed E-state index contributed by atoms with van der Waals surface area (Å²) in [5.41, 5.74) is 7.36. The maximum absolute atomic E-state index is 5.68. The lowest BCUT2D eigenvalue weighted by atomic mass is 10.0. The van der Waals surface area contributed by atoms with Crippen LogP contribution in [0.3, 0.4) is 0 Å². The Kier molecular flexibility index (Phi) is 4.41. The Hall–Kier alpha value is -0.450. The van der Waals surface area contributed by atoms with Gasteiger partial charge in [0.1, 0.15) is 0 Å². The summed E-state index contributed by atoms with van der Waals surface area (Å²) >= 11 is 8.63. The number of nitrogens with zero attached hydrogens (tertiary/aromatic N) is 1. The Morgan fingerprint density at radius 3 is 2.67 bits per heavy atom. The molecular formula is C14H19BrN2S. The van der Waals surface area contributed by atoms with E-state index in [0.29, 0.717) is 10.4 Å². The Morgan fingerprint density at radius 1 is 1.44 bits per heavy atom. The van der Waals surface area contributed by atoms with E-state index in [0.717, 1.165) is 19.5 Å². The minimum atomic E-state index is 0.363. The number of halogens is 1. The predicted octanol–water partition coefficient (Wildman–Crippen LogP) is 3.34. The van der Waals surface area contributed by atoms with Crippen LogP contribution in [0.25, 0.3) is 0 Å². The zero-order chi connectivity index (χ0) is 13.2. The number of benzene rings is 1. The molecule has 0 spiro atoms. The van der Waals surface area contributed by atoms with E-state index in [-0.39, 0.29) is 0 Å². The summed E-state index contributed by atoms with van der Waals surface area (Å²) in [5, 5.41) is 0. The van der Waals surface area contributed by atoms with Crippen LogP contribution in [0.2, 0.25) is 0 Å². The molecule has 1 saturated carbocycles. The molecule has 0 heterocycles. The molecule has 0 aromatic heterocycles. The molecule has 1 fully saturated rings. The molecule has 4 heteroatoms. The van der Waals surface area contributed by atoms with E-state index in [1.54, 1.807) is 0 Å². The normalized spacial score (nSPS) is 16.8. The first-order chi connectivity index (χ1) is 8.51. The number of nitrogens with two attached hydrogens (primary N) is 1. The second-order valence-corrected chi connectivity index (χ2v) is 6.79. The summed E-state index contributed by atoms with van der Waals surface area (Å²) in [4.78, 5) is 3.02. The fraction of sp³-hybridized carbons (Fsp3) is 0.500. The highest BCUT2D eigenvalue weighted by atomic mass is 79.9. The van der Waals surface area contributed by atoms with Crippen molar-refractivity contribution in [2.24, 2.45) is 11.1 Å². The van der Waals surface area contributed by atoms with E-state index in [2.05, 4.69) is 46.1 Å². The van der Waals surface area contributed by atoms with Crippen molar-refractivity contribution in [3.8, 4) is 0 Å². The smallest absolute Gasteiger partial charge is 0.0733 e. The molecule has 0 atom stereocenters. The third kappa shape index (κ3) is 3.77. The average molecular weight is 327 g/mol. The number of hydrogen-bond donors (Lipinski definition) is 1. The first kappa shape index (κ1) is 14.0. The van der Waals surface area contributed by atoms with Gasteiger partial charge in [-0.1, -0.05) is 46.3 Å². The molecule has 0 aliphatic heterocycles. The average Bonchev–Trinajstić information content (AvgIpc) is 3.00. The zero-order valence-corrected chi connectivity index (χ0v) is 13.1. The van der Waals surface area contributed by atoms with Gasteiger partial charge in [-0.2, -0.15) is 0 Å². The fourth-order valence-electron chi connectivity index (χ4n) is 2.48. The Bertz CT molecular complexity index is 443. The van der Waals surface area contributed by atoms with Gasteiger partial charge in [-0.15, -0.1) is 0 Å². The van der Waals surface area contributed by atoms with Gasteiger partial charge in [0.2, 0.25) is 0 Å². The van der Waals surface area contributed by atoms with Gasteiger partial charge < -0.3 is 10.6 Å². The Labute approximate surface area is 123 Å². The standard InChI is InChI=1S/C14H19BrN2S/c1-17(9-11-4-2-3-5-12(11)15)10-14(6-7-14)8-13(16)18/h2-5H,6-10H2,1H3,(H2,16,18). The van der Waals surface area contributed by atoms with Crippen LogP contribution in [0, 0.1) is 5.41 Å². The molecule has 1 aromatic rings. The summed E-state index contributed by atoms with van der Waals surface area (Å²) in [6.07, 6.45) is 3.40. The molecule has 0 radical (unpaired) electrons. The monoisotopic (exact) mass is 326 g/mol. The molecule has 0 unspecified atom stereocenters. The summed E-state index contributed by atoms with van der Waals surface area (Å²) in [6, 6.07) is 8.37. The van der Waals surface area contributed by atoms with Crippen LogP contribution >= 0.6 is 28.1 Å². The third-order valence-corrected chi connectivity index (χ3v) is 4.43. The molecule has 1 aliphatic rings. The molecule has 98 valence electrons. The molecule has 1 aromatic carbocycles. The van der Waals surface area contributed by atoms with Crippen LogP contribution in [0.15, 0.2) is 28.7 Å².